The molecule has 3 atom stereocenters. The smallest absolute Gasteiger partial charge is 0.0729 e. The number of nitrogens with one attached hydrogen (secondary N) is 1. The van der Waals surface area contributed by atoms with Crippen LogP contribution in [0.25, 0.3) is 0 Å². The molecule has 0 spiro atoms. The highest BCUT2D eigenvalue weighted by molar-refractivity contribution is 4.85. The molecule has 3 unspecified atom stereocenters. The van der Waals surface area contributed by atoms with Crippen LogP contribution in [0.5, 0.6) is 0 Å². The zero-order chi connectivity index (χ0) is 12.1. The van der Waals surface area contributed by atoms with Crippen LogP contribution in [-0.4, -0.2) is 34.6 Å². The molecule has 0 saturated carbocycles. The Morgan fingerprint density at radius 2 is 2.35 bits per heavy atom. The lowest BCUT2D eigenvalue weighted by molar-refractivity contribution is -0.00481. The Balaban J connectivity index is 1.74. The Morgan fingerprint density at radius 3 is 3.06 bits per heavy atom. The summed E-state index contributed by atoms with van der Waals surface area (Å²) in [5.41, 5.74) is 0. The molecule has 1 aliphatic rings. The lowest BCUT2D eigenvalue weighted by Gasteiger charge is -2.35. The van der Waals surface area contributed by atoms with E-state index in [1.807, 2.05) is 16.9 Å². The fourth-order valence-corrected chi connectivity index (χ4v) is 2.48. The van der Waals surface area contributed by atoms with E-state index in [0.717, 1.165) is 19.6 Å². The lowest BCUT2D eigenvalue weighted by Crippen LogP contribution is -2.50. The standard InChI is InChI=1S/C13H23N3O/c1-3-12-13(6-5-11(2)15-12)17-10-9-16-8-4-7-14-16/h4,7-8,11-13,15H,3,5-6,9-10H2,1-2H3. The van der Waals surface area contributed by atoms with Crippen molar-refractivity contribution >= 4 is 0 Å². The van der Waals surface area contributed by atoms with E-state index in [2.05, 4.69) is 24.3 Å². The second-order valence-electron chi connectivity index (χ2n) is 4.84. The number of rotatable bonds is 5. The van der Waals surface area contributed by atoms with Crippen LogP contribution in [0, 0.1) is 0 Å². The molecular formula is C13H23N3O. The summed E-state index contributed by atoms with van der Waals surface area (Å²) in [6.45, 7) is 6.07. The van der Waals surface area contributed by atoms with Crippen LogP contribution in [0.4, 0.5) is 0 Å². The van der Waals surface area contributed by atoms with Crippen molar-refractivity contribution in [2.45, 2.75) is 57.8 Å². The fraction of sp³-hybridized carbons (Fsp3) is 0.769. The largest absolute Gasteiger partial charge is 0.375 e. The third-order valence-corrected chi connectivity index (χ3v) is 3.48. The summed E-state index contributed by atoms with van der Waals surface area (Å²) in [4.78, 5) is 0. The molecule has 0 aliphatic carbocycles. The Hall–Kier alpha value is -0.870. The minimum Gasteiger partial charge on any atom is -0.375 e. The van der Waals surface area contributed by atoms with Gasteiger partial charge in [-0.2, -0.15) is 5.10 Å². The van der Waals surface area contributed by atoms with Crippen molar-refractivity contribution in [3.8, 4) is 0 Å². The third-order valence-electron chi connectivity index (χ3n) is 3.48. The van der Waals surface area contributed by atoms with Crippen LogP contribution in [0.15, 0.2) is 18.5 Å². The minimum atomic E-state index is 0.367. The van der Waals surface area contributed by atoms with Gasteiger partial charge in [-0.15, -0.1) is 0 Å². The van der Waals surface area contributed by atoms with Crippen LogP contribution in [-0.2, 0) is 11.3 Å². The van der Waals surface area contributed by atoms with E-state index < -0.39 is 0 Å². The fourth-order valence-electron chi connectivity index (χ4n) is 2.48. The molecule has 0 aromatic carbocycles. The summed E-state index contributed by atoms with van der Waals surface area (Å²) in [6, 6.07) is 3.08. The first kappa shape index (κ1) is 12.6. The van der Waals surface area contributed by atoms with Gasteiger partial charge in [-0.25, -0.2) is 0 Å². The Kier molecular flexibility index (Phi) is 4.57. The van der Waals surface area contributed by atoms with Gasteiger partial charge in [0.2, 0.25) is 0 Å². The summed E-state index contributed by atoms with van der Waals surface area (Å²) in [5, 5.41) is 7.78. The summed E-state index contributed by atoms with van der Waals surface area (Å²) in [7, 11) is 0. The Morgan fingerprint density at radius 1 is 1.47 bits per heavy atom. The quantitative estimate of drug-likeness (QED) is 0.849. The molecule has 0 radical (unpaired) electrons. The van der Waals surface area contributed by atoms with Crippen molar-refractivity contribution in [3.63, 3.8) is 0 Å². The van der Waals surface area contributed by atoms with E-state index in [1.165, 1.54) is 12.8 Å². The van der Waals surface area contributed by atoms with Gasteiger partial charge < -0.3 is 10.1 Å². The van der Waals surface area contributed by atoms with Crippen molar-refractivity contribution in [1.82, 2.24) is 15.1 Å². The molecule has 17 heavy (non-hydrogen) atoms. The monoisotopic (exact) mass is 237 g/mol. The molecule has 96 valence electrons. The molecule has 1 fully saturated rings. The molecular weight excluding hydrogens is 214 g/mol. The molecule has 1 aromatic heterocycles. The maximum absolute atomic E-state index is 5.98. The van der Waals surface area contributed by atoms with Crippen molar-refractivity contribution in [2.24, 2.45) is 0 Å². The number of nitrogens with zero attached hydrogens (tertiary/aromatic N) is 2. The second kappa shape index (κ2) is 6.17. The van der Waals surface area contributed by atoms with Gasteiger partial charge in [0.15, 0.2) is 0 Å². The highest BCUT2D eigenvalue weighted by Gasteiger charge is 2.26. The van der Waals surface area contributed by atoms with Crippen LogP contribution in [0.1, 0.15) is 33.1 Å². The first-order valence-corrected chi connectivity index (χ1v) is 6.64. The second-order valence-corrected chi connectivity index (χ2v) is 4.84. The SMILES string of the molecule is CCC1NC(C)CCC1OCCn1cccn1. The van der Waals surface area contributed by atoms with Crippen LogP contribution >= 0.6 is 0 Å². The van der Waals surface area contributed by atoms with E-state index in [1.54, 1.807) is 6.20 Å². The highest BCUT2D eigenvalue weighted by atomic mass is 16.5. The van der Waals surface area contributed by atoms with E-state index in [0.29, 0.717) is 18.2 Å². The van der Waals surface area contributed by atoms with Crippen molar-refractivity contribution in [1.29, 1.82) is 0 Å². The Bertz CT molecular complexity index is 312. The summed E-state index contributed by atoms with van der Waals surface area (Å²) >= 11 is 0. The van der Waals surface area contributed by atoms with Crippen LogP contribution in [0.2, 0.25) is 0 Å². The molecule has 0 bridgehead atoms. The number of hydrogen-bond donors (Lipinski definition) is 1. The average molecular weight is 237 g/mol. The molecule has 0 amide bonds. The maximum atomic E-state index is 5.98. The van der Waals surface area contributed by atoms with Crippen LogP contribution in [0.3, 0.4) is 0 Å². The molecule has 2 heterocycles. The maximum Gasteiger partial charge on any atom is 0.0729 e. The third kappa shape index (κ3) is 3.54. The van der Waals surface area contributed by atoms with Gasteiger partial charge in [-0.1, -0.05) is 6.92 Å². The zero-order valence-electron chi connectivity index (χ0n) is 10.8. The normalized spacial score (nSPS) is 29.4. The van der Waals surface area contributed by atoms with E-state index in [9.17, 15) is 0 Å². The predicted molar refractivity (Wildman–Crippen MR) is 67.9 cm³/mol. The van der Waals surface area contributed by atoms with Gasteiger partial charge in [0.1, 0.15) is 0 Å². The van der Waals surface area contributed by atoms with E-state index in [4.69, 9.17) is 4.74 Å². The van der Waals surface area contributed by atoms with Crippen molar-refractivity contribution < 1.29 is 4.74 Å². The molecule has 4 heteroatoms. The Labute approximate surface area is 103 Å². The van der Waals surface area contributed by atoms with Gasteiger partial charge in [0.05, 0.1) is 19.3 Å². The molecule has 1 aromatic rings. The van der Waals surface area contributed by atoms with Crippen molar-refractivity contribution in [3.05, 3.63) is 18.5 Å². The number of hydrogen-bond acceptors (Lipinski definition) is 3. The lowest BCUT2D eigenvalue weighted by atomic mass is 9.95. The zero-order valence-corrected chi connectivity index (χ0v) is 10.8. The van der Waals surface area contributed by atoms with Gasteiger partial charge in [-0.3, -0.25) is 4.68 Å². The predicted octanol–water partition coefficient (Wildman–Crippen LogP) is 1.82. The molecule has 1 saturated heterocycles. The number of aromatic nitrogens is 2. The minimum absolute atomic E-state index is 0.367. The highest BCUT2D eigenvalue weighted by Crippen LogP contribution is 2.18. The van der Waals surface area contributed by atoms with E-state index in [-0.39, 0.29) is 0 Å². The number of ether oxygens (including phenoxy) is 1. The molecule has 2 rings (SSSR count). The first-order chi connectivity index (χ1) is 8.29. The van der Waals surface area contributed by atoms with E-state index >= 15 is 0 Å². The average Bonchev–Trinajstić information content (AvgIpc) is 2.84. The van der Waals surface area contributed by atoms with Crippen molar-refractivity contribution in [2.75, 3.05) is 6.61 Å². The first-order valence-electron chi connectivity index (χ1n) is 6.64. The molecule has 4 nitrogen and oxygen atoms in total. The van der Waals surface area contributed by atoms with Gasteiger partial charge >= 0.3 is 0 Å². The van der Waals surface area contributed by atoms with Gasteiger partial charge in [0, 0.05) is 24.5 Å². The summed E-state index contributed by atoms with van der Waals surface area (Å²) in [5.74, 6) is 0. The number of piperidine rings is 1. The topological polar surface area (TPSA) is 39.1 Å². The molecule has 1 aliphatic heterocycles. The van der Waals surface area contributed by atoms with Crippen LogP contribution < -0.4 is 5.32 Å². The summed E-state index contributed by atoms with van der Waals surface area (Å²) < 4.78 is 7.90. The molecule has 1 N–H and O–H groups in total. The van der Waals surface area contributed by atoms with Gasteiger partial charge in [0.25, 0.3) is 0 Å². The van der Waals surface area contributed by atoms with Gasteiger partial charge in [-0.05, 0) is 32.3 Å². The summed E-state index contributed by atoms with van der Waals surface area (Å²) in [6.07, 6.45) is 7.67.